The molecule has 28 heavy (non-hydrogen) atoms. The molecule has 2 aromatic rings. The Morgan fingerprint density at radius 3 is 2.79 bits per heavy atom. The summed E-state index contributed by atoms with van der Waals surface area (Å²) in [5.41, 5.74) is 3.15. The van der Waals surface area contributed by atoms with Crippen LogP contribution in [0, 0.1) is 5.82 Å². The third kappa shape index (κ3) is 3.93. The van der Waals surface area contributed by atoms with Gasteiger partial charge in [-0.3, -0.25) is 4.99 Å². The van der Waals surface area contributed by atoms with E-state index >= 15 is 0 Å². The van der Waals surface area contributed by atoms with Gasteiger partial charge >= 0.3 is 5.97 Å². The van der Waals surface area contributed by atoms with Gasteiger partial charge in [0, 0.05) is 29.5 Å². The zero-order valence-corrected chi connectivity index (χ0v) is 16.9. The monoisotopic (exact) mass is 382 g/mol. The smallest absolute Gasteiger partial charge is 0.335 e. The average Bonchev–Trinajstić information content (AvgIpc) is 2.63. The van der Waals surface area contributed by atoms with Crippen molar-refractivity contribution < 1.29 is 14.3 Å². The number of aromatic carboxylic acids is 1. The number of hydrogen-bond donors (Lipinski definition) is 1. The van der Waals surface area contributed by atoms with E-state index in [1.165, 1.54) is 18.3 Å². The van der Waals surface area contributed by atoms with Crippen LogP contribution in [-0.4, -0.2) is 29.4 Å². The van der Waals surface area contributed by atoms with Crippen LogP contribution in [0.2, 0.25) is 0 Å². The number of nitrogens with zero attached hydrogens (tertiary/aromatic N) is 2. The summed E-state index contributed by atoms with van der Waals surface area (Å²) in [5.74, 6) is -1.01. The molecular formula is C23H27FN2O2. The van der Waals surface area contributed by atoms with Gasteiger partial charge in [0.2, 0.25) is 0 Å². The maximum absolute atomic E-state index is 14.9. The molecule has 1 N–H and O–H groups in total. The lowest BCUT2D eigenvalue weighted by Gasteiger charge is -2.47. The Morgan fingerprint density at radius 2 is 2.11 bits per heavy atom. The van der Waals surface area contributed by atoms with Crippen molar-refractivity contribution in [1.82, 2.24) is 0 Å². The van der Waals surface area contributed by atoms with Gasteiger partial charge in [-0.2, -0.15) is 0 Å². The first-order valence-corrected chi connectivity index (χ1v) is 9.71. The van der Waals surface area contributed by atoms with Crippen molar-refractivity contribution in [2.24, 2.45) is 4.99 Å². The number of hydrogen-bond acceptors (Lipinski definition) is 3. The van der Waals surface area contributed by atoms with Gasteiger partial charge in [0.25, 0.3) is 0 Å². The number of benzene rings is 2. The molecule has 0 aromatic heterocycles. The SMILES string of the molecule is CCCN1c2cc(F)c(C=Nc3cccc(C(=O)O)c3)cc2C(C)CC1(C)C. The highest BCUT2D eigenvalue weighted by atomic mass is 19.1. The minimum absolute atomic E-state index is 0.0122. The molecule has 3 rings (SSSR count). The standard InChI is InChI=1S/C23H27FN2O2/c1-5-9-26-21-12-20(24)17(11-19(21)15(2)13-23(26,3)4)14-25-18-8-6-7-16(10-18)22(27)28/h6-8,10-12,14-15H,5,9,13H2,1-4H3,(H,27,28). The molecule has 1 heterocycles. The summed E-state index contributed by atoms with van der Waals surface area (Å²) < 4.78 is 14.9. The second-order valence-electron chi connectivity index (χ2n) is 8.12. The Balaban J connectivity index is 1.98. The van der Waals surface area contributed by atoms with Crippen LogP contribution in [0.15, 0.2) is 41.4 Å². The number of halogens is 1. The van der Waals surface area contributed by atoms with Crippen LogP contribution in [0.5, 0.6) is 0 Å². The van der Waals surface area contributed by atoms with Gasteiger partial charge in [-0.05, 0) is 68.5 Å². The molecule has 0 spiro atoms. The largest absolute Gasteiger partial charge is 0.478 e. The maximum atomic E-state index is 14.9. The minimum atomic E-state index is -1.01. The van der Waals surface area contributed by atoms with E-state index in [4.69, 9.17) is 5.11 Å². The zero-order valence-electron chi connectivity index (χ0n) is 16.9. The summed E-state index contributed by atoms with van der Waals surface area (Å²) in [7, 11) is 0. The Kier molecular flexibility index (Phi) is 5.54. The molecule has 0 fully saturated rings. The summed E-state index contributed by atoms with van der Waals surface area (Å²) in [4.78, 5) is 17.7. The third-order valence-electron chi connectivity index (χ3n) is 5.40. The number of carboxylic acid groups (broad SMARTS) is 1. The third-order valence-corrected chi connectivity index (χ3v) is 5.40. The van der Waals surface area contributed by atoms with Crippen LogP contribution in [0.1, 0.15) is 67.9 Å². The highest BCUT2D eigenvalue weighted by Gasteiger charge is 2.36. The van der Waals surface area contributed by atoms with Crippen molar-refractivity contribution in [3.63, 3.8) is 0 Å². The van der Waals surface area contributed by atoms with Crippen molar-refractivity contribution in [1.29, 1.82) is 0 Å². The van der Waals surface area contributed by atoms with Crippen molar-refractivity contribution in [3.05, 3.63) is 58.9 Å². The van der Waals surface area contributed by atoms with E-state index in [2.05, 4.69) is 37.6 Å². The van der Waals surface area contributed by atoms with Crippen molar-refractivity contribution in [2.45, 2.75) is 52.0 Å². The summed E-state index contributed by atoms with van der Waals surface area (Å²) in [6.07, 6.45) is 3.48. The molecule has 0 aliphatic carbocycles. The van der Waals surface area contributed by atoms with E-state index in [0.29, 0.717) is 17.2 Å². The molecule has 1 unspecified atom stereocenters. The van der Waals surface area contributed by atoms with Crippen LogP contribution in [-0.2, 0) is 0 Å². The number of anilines is 1. The quantitative estimate of drug-likeness (QED) is 0.667. The summed E-state index contributed by atoms with van der Waals surface area (Å²) >= 11 is 0. The van der Waals surface area contributed by atoms with Crippen molar-refractivity contribution in [2.75, 3.05) is 11.4 Å². The average molecular weight is 382 g/mol. The number of carboxylic acids is 1. The van der Waals surface area contributed by atoms with Gasteiger partial charge in [-0.1, -0.05) is 19.9 Å². The van der Waals surface area contributed by atoms with Gasteiger partial charge in [0.05, 0.1) is 11.3 Å². The van der Waals surface area contributed by atoms with E-state index in [1.54, 1.807) is 18.2 Å². The zero-order chi connectivity index (χ0) is 20.5. The van der Waals surface area contributed by atoms with E-state index in [9.17, 15) is 9.18 Å². The molecule has 0 amide bonds. The Bertz CT molecular complexity index is 921. The fourth-order valence-corrected chi connectivity index (χ4v) is 4.13. The molecule has 5 heteroatoms. The highest BCUT2D eigenvalue weighted by Crippen LogP contribution is 2.44. The molecule has 0 saturated carbocycles. The van der Waals surface area contributed by atoms with Crippen LogP contribution < -0.4 is 4.90 Å². The van der Waals surface area contributed by atoms with E-state index in [-0.39, 0.29) is 16.9 Å². The first kappa shape index (κ1) is 20.1. The van der Waals surface area contributed by atoms with Crippen LogP contribution >= 0.6 is 0 Å². The maximum Gasteiger partial charge on any atom is 0.335 e. The van der Waals surface area contributed by atoms with Gasteiger partial charge < -0.3 is 10.0 Å². The van der Waals surface area contributed by atoms with Crippen molar-refractivity contribution >= 4 is 23.6 Å². The Morgan fingerprint density at radius 1 is 1.36 bits per heavy atom. The van der Waals surface area contributed by atoms with Gasteiger partial charge in [-0.25, -0.2) is 9.18 Å². The topological polar surface area (TPSA) is 52.9 Å². The summed E-state index contributed by atoms with van der Waals surface area (Å²) in [6, 6.07) is 9.82. The molecule has 148 valence electrons. The van der Waals surface area contributed by atoms with Crippen LogP contribution in [0.3, 0.4) is 0 Å². The molecule has 2 aromatic carbocycles. The first-order valence-electron chi connectivity index (χ1n) is 9.71. The summed E-state index contributed by atoms with van der Waals surface area (Å²) in [6.45, 7) is 9.63. The first-order chi connectivity index (χ1) is 13.2. The Labute approximate surface area is 165 Å². The molecule has 4 nitrogen and oxygen atoms in total. The van der Waals surface area contributed by atoms with Crippen molar-refractivity contribution in [3.8, 4) is 0 Å². The number of fused-ring (bicyclic) bond motifs is 1. The lowest BCUT2D eigenvalue weighted by molar-refractivity contribution is 0.0697. The molecule has 1 aliphatic rings. The van der Waals surface area contributed by atoms with Gasteiger partial charge in [0.15, 0.2) is 0 Å². The van der Waals surface area contributed by atoms with E-state index < -0.39 is 5.97 Å². The predicted molar refractivity (Wildman–Crippen MR) is 112 cm³/mol. The predicted octanol–water partition coefficient (Wildman–Crippen LogP) is 5.78. The second kappa shape index (κ2) is 7.74. The lowest BCUT2D eigenvalue weighted by atomic mass is 9.79. The van der Waals surface area contributed by atoms with Gasteiger partial charge in [-0.15, -0.1) is 0 Å². The van der Waals surface area contributed by atoms with E-state index in [1.807, 2.05) is 6.07 Å². The number of aliphatic imine (C=N–C) groups is 1. The number of carbonyl (C=O) groups is 1. The molecule has 1 aliphatic heterocycles. The van der Waals surface area contributed by atoms with Gasteiger partial charge in [0.1, 0.15) is 5.82 Å². The molecular weight excluding hydrogens is 355 g/mol. The lowest BCUT2D eigenvalue weighted by Crippen LogP contribution is -2.48. The Hall–Kier alpha value is -2.69. The number of rotatable bonds is 5. The fourth-order valence-electron chi connectivity index (χ4n) is 4.13. The second-order valence-corrected chi connectivity index (χ2v) is 8.12. The molecule has 0 radical (unpaired) electrons. The fraction of sp³-hybridized carbons (Fsp3) is 0.391. The molecule has 0 bridgehead atoms. The normalized spacial score (nSPS) is 18.3. The van der Waals surface area contributed by atoms with E-state index in [0.717, 1.165) is 30.6 Å². The summed E-state index contributed by atoms with van der Waals surface area (Å²) in [5, 5.41) is 9.09. The minimum Gasteiger partial charge on any atom is -0.478 e. The molecule has 0 saturated heterocycles. The van der Waals surface area contributed by atoms with Crippen LogP contribution in [0.25, 0.3) is 0 Å². The molecule has 1 atom stereocenters. The highest BCUT2D eigenvalue weighted by molar-refractivity contribution is 5.89. The van der Waals surface area contributed by atoms with Crippen LogP contribution in [0.4, 0.5) is 15.8 Å².